The molecule has 0 spiro atoms. The van der Waals surface area contributed by atoms with Gasteiger partial charge in [0.15, 0.2) is 0 Å². The van der Waals surface area contributed by atoms with Crippen LogP contribution in [0.3, 0.4) is 0 Å². The molecule has 0 radical (unpaired) electrons. The van der Waals surface area contributed by atoms with Gasteiger partial charge >= 0.3 is 0 Å². The van der Waals surface area contributed by atoms with E-state index in [1.54, 1.807) is 11.3 Å². The number of benzene rings is 1. The van der Waals surface area contributed by atoms with E-state index in [1.807, 2.05) is 19.2 Å². The summed E-state index contributed by atoms with van der Waals surface area (Å²) in [6, 6.07) is 6.14. The highest BCUT2D eigenvalue weighted by Crippen LogP contribution is 2.30. The first kappa shape index (κ1) is 15.0. The fourth-order valence-corrected chi connectivity index (χ4v) is 3.89. The smallest absolute Gasteiger partial charge is 0.0949 e. The molecule has 0 bridgehead atoms. The van der Waals surface area contributed by atoms with Crippen molar-refractivity contribution in [3.63, 3.8) is 0 Å². The quantitative estimate of drug-likeness (QED) is 0.857. The van der Waals surface area contributed by atoms with Gasteiger partial charge in [0.05, 0.1) is 10.7 Å². The molecule has 2 aromatic rings. The molecule has 1 heterocycles. The molecule has 0 saturated heterocycles. The molecule has 0 fully saturated rings. The van der Waals surface area contributed by atoms with Crippen LogP contribution < -0.4 is 5.32 Å². The highest BCUT2D eigenvalue weighted by atomic mass is 79.9. The molecule has 2 nitrogen and oxygen atoms in total. The van der Waals surface area contributed by atoms with Gasteiger partial charge in [-0.15, -0.1) is 11.3 Å². The van der Waals surface area contributed by atoms with E-state index in [2.05, 4.69) is 46.1 Å². The monoisotopic (exact) mass is 358 g/mol. The van der Waals surface area contributed by atoms with Crippen LogP contribution in [0.2, 0.25) is 5.02 Å². The molecular formula is C14H16BrClN2S. The van der Waals surface area contributed by atoms with Gasteiger partial charge in [0.1, 0.15) is 0 Å². The van der Waals surface area contributed by atoms with Crippen molar-refractivity contribution >= 4 is 38.9 Å². The predicted octanol–water partition coefficient (Wildman–Crippen LogP) is 4.68. The van der Waals surface area contributed by atoms with Crippen LogP contribution in [0.4, 0.5) is 0 Å². The summed E-state index contributed by atoms with van der Waals surface area (Å²) in [5.74, 6) is 0. The lowest BCUT2D eigenvalue weighted by Crippen LogP contribution is -2.19. The molecule has 0 aliphatic rings. The van der Waals surface area contributed by atoms with Crippen molar-refractivity contribution in [1.82, 2.24) is 10.3 Å². The summed E-state index contributed by atoms with van der Waals surface area (Å²) in [6.45, 7) is 4.17. The van der Waals surface area contributed by atoms with E-state index in [0.717, 1.165) is 26.6 Å². The minimum Gasteiger partial charge on any atom is -0.313 e. The van der Waals surface area contributed by atoms with Crippen molar-refractivity contribution < 1.29 is 0 Å². The Balaban J connectivity index is 2.24. The van der Waals surface area contributed by atoms with Gasteiger partial charge < -0.3 is 5.32 Å². The van der Waals surface area contributed by atoms with Gasteiger partial charge in [-0.3, -0.25) is 0 Å². The lowest BCUT2D eigenvalue weighted by atomic mass is 10.0. The number of halogens is 2. The van der Waals surface area contributed by atoms with Crippen molar-refractivity contribution in [2.75, 3.05) is 7.05 Å². The molecule has 0 amide bonds. The van der Waals surface area contributed by atoms with E-state index >= 15 is 0 Å². The Morgan fingerprint density at radius 2 is 2.16 bits per heavy atom. The molecule has 102 valence electrons. The minimum atomic E-state index is 0.233. The van der Waals surface area contributed by atoms with Crippen LogP contribution in [0.25, 0.3) is 0 Å². The van der Waals surface area contributed by atoms with Gasteiger partial charge in [-0.2, -0.15) is 0 Å². The first-order valence-corrected chi connectivity index (χ1v) is 8.05. The molecule has 1 aromatic heterocycles. The molecular weight excluding hydrogens is 344 g/mol. The number of likely N-dealkylation sites (N-methyl/N-ethyl adjacent to an activating group) is 1. The van der Waals surface area contributed by atoms with Crippen LogP contribution in [0.15, 0.2) is 22.7 Å². The highest BCUT2D eigenvalue weighted by molar-refractivity contribution is 9.10. The number of hydrogen-bond acceptors (Lipinski definition) is 3. The SMILES string of the molecule is CNC(Cc1nc(C)c(C)s1)c1ccc(Cl)cc1Br. The molecule has 2 rings (SSSR count). The number of aryl methyl sites for hydroxylation is 2. The molecule has 5 heteroatoms. The second-order valence-corrected chi connectivity index (χ2v) is 7.04. The number of nitrogens with one attached hydrogen (secondary N) is 1. The molecule has 19 heavy (non-hydrogen) atoms. The van der Waals surface area contributed by atoms with Crippen molar-refractivity contribution in [3.05, 3.63) is 48.8 Å². The Morgan fingerprint density at radius 3 is 2.68 bits per heavy atom. The summed E-state index contributed by atoms with van der Waals surface area (Å²) in [7, 11) is 1.97. The summed E-state index contributed by atoms with van der Waals surface area (Å²) in [4.78, 5) is 5.90. The maximum Gasteiger partial charge on any atom is 0.0949 e. The van der Waals surface area contributed by atoms with Crippen LogP contribution in [-0.2, 0) is 6.42 Å². The number of nitrogens with zero attached hydrogens (tertiary/aromatic N) is 1. The third-order valence-corrected chi connectivity index (χ3v) is 5.15. The molecule has 0 saturated carbocycles. The van der Waals surface area contributed by atoms with E-state index in [1.165, 1.54) is 10.4 Å². The van der Waals surface area contributed by atoms with Gasteiger partial charge in [-0.1, -0.05) is 33.6 Å². The van der Waals surface area contributed by atoms with Crippen LogP contribution in [0.1, 0.15) is 27.2 Å². The molecule has 0 aliphatic carbocycles. The maximum atomic E-state index is 5.99. The van der Waals surface area contributed by atoms with Crippen LogP contribution in [-0.4, -0.2) is 12.0 Å². The van der Waals surface area contributed by atoms with Gasteiger partial charge in [0.25, 0.3) is 0 Å². The number of rotatable bonds is 4. The molecule has 0 aliphatic heterocycles. The average Bonchev–Trinajstić information content (AvgIpc) is 2.66. The third kappa shape index (κ3) is 3.57. The summed E-state index contributed by atoms with van der Waals surface area (Å²) in [5, 5.41) is 5.25. The second kappa shape index (κ2) is 6.35. The van der Waals surface area contributed by atoms with Crippen LogP contribution >= 0.6 is 38.9 Å². The summed E-state index contributed by atoms with van der Waals surface area (Å²) < 4.78 is 1.03. The van der Waals surface area contributed by atoms with Gasteiger partial charge in [-0.05, 0) is 38.6 Å². The molecule has 1 unspecified atom stereocenters. The Morgan fingerprint density at radius 1 is 1.42 bits per heavy atom. The summed E-state index contributed by atoms with van der Waals surface area (Å²) >= 11 is 11.3. The van der Waals surface area contributed by atoms with Gasteiger partial charge in [-0.25, -0.2) is 4.98 Å². The molecule has 1 aromatic carbocycles. The van der Waals surface area contributed by atoms with Crippen molar-refractivity contribution in [3.8, 4) is 0 Å². The maximum absolute atomic E-state index is 5.99. The van der Waals surface area contributed by atoms with Crippen LogP contribution in [0, 0.1) is 13.8 Å². The first-order valence-electron chi connectivity index (χ1n) is 6.06. The normalized spacial score (nSPS) is 12.7. The molecule has 1 N–H and O–H groups in total. The fourth-order valence-electron chi connectivity index (χ4n) is 1.95. The van der Waals surface area contributed by atoms with Gasteiger partial charge in [0.2, 0.25) is 0 Å². The van der Waals surface area contributed by atoms with Crippen molar-refractivity contribution in [1.29, 1.82) is 0 Å². The standard InChI is InChI=1S/C14H16BrClN2S/c1-8-9(2)19-14(18-8)7-13(17-3)11-5-4-10(16)6-12(11)15/h4-6,13,17H,7H2,1-3H3. The fraction of sp³-hybridized carbons (Fsp3) is 0.357. The van der Waals surface area contributed by atoms with E-state index < -0.39 is 0 Å². The van der Waals surface area contributed by atoms with Crippen molar-refractivity contribution in [2.24, 2.45) is 0 Å². The second-order valence-electron chi connectivity index (χ2n) is 4.46. The zero-order chi connectivity index (χ0) is 14.0. The van der Waals surface area contributed by atoms with E-state index in [0.29, 0.717) is 0 Å². The largest absolute Gasteiger partial charge is 0.313 e. The Bertz CT molecular complexity index is 563. The van der Waals surface area contributed by atoms with E-state index in [4.69, 9.17) is 11.6 Å². The van der Waals surface area contributed by atoms with E-state index in [9.17, 15) is 0 Å². The van der Waals surface area contributed by atoms with Crippen LogP contribution in [0.5, 0.6) is 0 Å². The van der Waals surface area contributed by atoms with E-state index in [-0.39, 0.29) is 6.04 Å². The summed E-state index contributed by atoms with van der Waals surface area (Å²) in [5.41, 5.74) is 2.34. The Labute approximate surface area is 131 Å². The Hall–Kier alpha value is -0.420. The lowest BCUT2D eigenvalue weighted by Gasteiger charge is -2.17. The predicted molar refractivity (Wildman–Crippen MR) is 86.2 cm³/mol. The highest BCUT2D eigenvalue weighted by Gasteiger charge is 2.16. The number of hydrogen-bond donors (Lipinski definition) is 1. The zero-order valence-electron chi connectivity index (χ0n) is 11.1. The number of thiazole rings is 1. The first-order chi connectivity index (χ1) is 9.01. The topological polar surface area (TPSA) is 24.9 Å². The Kier molecular flexibility index (Phi) is 5.01. The minimum absolute atomic E-state index is 0.233. The lowest BCUT2D eigenvalue weighted by molar-refractivity contribution is 0.587. The molecule has 1 atom stereocenters. The van der Waals surface area contributed by atoms with Crippen molar-refractivity contribution in [2.45, 2.75) is 26.3 Å². The number of aromatic nitrogens is 1. The summed E-state index contributed by atoms with van der Waals surface area (Å²) in [6.07, 6.45) is 0.885. The van der Waals surface area contributed by atoms with Gasteiger partial charge in [0, 0.05) is 26.8 Å². The average molecular weight is 360 g/mol. The zero-order valence-corrected chi connectivity index (χ0v) is 14.3. The third-order valence-electron chi connectivity index (χ3n) is 3.14.